The maximum Gasteiger partial charge on any atom is 0.233 e. The molecule has 0 aliphatic carbocycles. The van der Waals surface area contributed by atoms with E-state index in [2.05, 4.69) is 17.9 Å². The van der Waals surface area contributed by atoms with Gasteiger partial charge in [0.15, 0.2) is 23.0 Å². The number of amides is 1. The summed E-state index contributed by atoms with van der Waals surface area (Å²) in [6.45, 7) is 7.46. The normalized spacial score (nSPS) is 16.3. The maximum absolute atomic E-state index is 12.8. The third-order valence-electron chi connectivity index (χ3n) is 6.04. The van der Waals surface area contributed by atoms with Gasteiger partial charge in [-0.15, -0.1) is 11.8 Å². The van der Waals surface area contributed by atoms with Gasteiger partial charge in [-0.3, -0.25) is 9.69 Å². The first-order valence-corrected chi connectivity index (χ1v) is 12.3. The van der Waals surface area contributed by atoms with Gasteiger partial charge < -0.3 is 23.8 Å². The van der Waals surface area contributed by atoms with E-state index in [1.807, 2.05) is 29.2 Å². The highest BCUT2D eigenvalue weighted by molar-refractivity contribution is 8.00. The first-order valence-electron chi connectivity index (χ1n) is 11.3. The Bertz CT molecular complexity index is 976. The molecule has 0 N–H and O–H groups in total. The molecule has 0 radical (unpaired) electrons. The van der Waals surface area contributed by atoms with Crippen LogP contribution in [-0.2, 0) is 11.3 Å². The Labute approximate surface area is 199 Å². The summed E-state index contributed by atoms with van der Waals surface area (Å²) >= 11 is 1.55. The molecule has 2 aliphatic rings. The van der Waals surface area contributed by atoms with Crippen molar-refractivity contribution in [3.05, 3.63) is 41.5 Å². The number of hydrogen-bond donors (Lipinski definition) is 0. The second-order valence-electron chi connectivity index (χ2n) is 8.24. The van der Waals surface area contributed by atoms with Gasteiger partial charge in [0, 0.05) is 44.0 Å². The van der Waals surface area contributed by atoms with Crippen molar-refractivity contribution >= 4 is 17.7 Å². The standard InChI is InChI=1S/C25H32N2O5S/c1-18-13-22(29-2)23(30-3)14-19(18)16-26-7-9-27(10-8-26)25(28)17-33-20-5-6-21-24(15-20)32-12-4-11-31-21/h5-6,13-15H,4,7-12,16-17H2,1-3H3. The first-order chi connectivity index (χ1) is 16.1. The smallest absolute Gasteiger partial charge is 0.233 e. The van der Waals surface area contributed by atoms with E-state index in [9.17, 15) is 4.79 Å². The Kier molecular flexibility index (Phi) is 7.88. The van der Waals surface area contributed by atoms with Gasteiger partial charge >= 0.3 is 0 Å². The lowest BCUT2D eigenvalue weighted by Gasteiger charge is -2.35. The number of hydrogen-bond acceptors (Lipinski definition) is 7. The number of aryl methyl sites for hydroxylation is 1. The molecule has 7 nitrogen and oxygen atoms in total. The van der Waals surface area contributed by atoms with Crippen molar-refractivity contribution in [3.63, 3.8) is 0 Å². The Balaban J connectivity index is 1.27. The lowest BCUT2D eigenvalue weighted by Crippen LogP contribution is -2.48. The van der Waals surface area contributed by atoms with Gasteiger partial charge in [0.25, 0.3) is 0 Å². The highest BCUT2D eigenvalue weighted by Gasteiger charge is 2.22. The number of carbonyl (C=O) groups excluding carboxylic acids is 1. The zero-order valence-electron chi connectivity index (χ0n) is 19.6. The van der Waals surface area contributed by atoms with E-state index < -0.39 is 0 Å². The fourth-order valence-electron chi connectivity index (χ4n) is 4.06. The van der Waals surface area contributed by atoms with Gasteiger partial charge in [-0.25, -0.2) is 0 Å². The molecule has 2 aromatic carbocycles. The van der Waals surface area contributed by atoms with Crippen molar-refractivity contribution < 1.29 is 23.7 Å². The molecule has 4 rings (SSSR count). The van der Waals surface area contributed by atoms with E-state index in [1.54, 1.807) is 26.0 Å². The fourth-order valence-corrected chi connectivity index (χ4v) is 4.89. The monoisotopic (exact) mass is 472 g/mol. The Hall–Kier alpha value is -2.58. The van der Waals surface area contributed by atoms with Crippen molar-refractivity contribution in [3.8, 4) is 23.0 Å². The molecule has 33 heavy (non-hydrogen) atoms. The molecule has 1 saturated heterocycles. The Morgan fingerprint density at radius 1 is 0.970 bits per heavy atom. The van der Waals surface area contributed by atoms with E-state index >= 15 is 0 Å². The molecule has 2 aliphatic heterocycles. The quantitative estimate of drug-likeness (QED) is 0.571. The minimum atomic E-state index is 0.175. The van der Waals surface area contributed by atoms with Crippen LogP contribution < -0.4 is 18.9 Å². The van der Waals surface area contributed by atoms with Crippen LogP contribution in [0, 0.1) is 6.92 Å². The number of nitrogens with zero attached hydrogens (tertiary/aromatic N) is 2. The van der Waals surface area contributed by atoms with Gasteiger partial charge in [-0.1, -0.05) is 0 Å². The van der Waals surface area contributed by atoms with Gasteiger partial charge in [-0.2, -0.15) is 0 Å². The van der Waals surface area contributed by atoms with Crippen LogP contribution in [0.4, 0.5) is 0 Å². The fraction of sp³-hybridized carbons (Fsp3) is 0.480. The van der Waals surface area contributed by atoms with Crippen LogP contribution in [0.25, 0.3) is 0 Å². The molecule has 178 valence electrons. The summed E-state index contributed by atoms with van der Waals surface area (Å²) in [7, 11) is 3.31. The van der Waals surface area contributed by atoms with Crippen LogP contribution in [0.2, 0.25) is 0 Å². The van der Waals surface area contributed by atoms with E-state index in [0.717, 1.165) is 67.0 Å². The predicted molar refractivity (Wildman–Crippen MR) is 129 cm³/mol. The van der Waals surface area contributed by atoms with E-state index in [-0.39, 0.29) is 5.91 Å². The molecular weight excluding hydrogens is 440 g/mol. The molecular formula is C25H32N2O5S. The second-order valence-corrected chi connectivity index (χ2v) is 9.29. The number of carbonyl (C=O) groups is 1. The zero-order valence-corrected chi connectivity index (χ0v) is 20.4. The largest absolute Gasteiger partial charge is 0.493 e. The third-order valence-corrected chi connectivity index (χ3v) is 7.02. The zero-order chi connectivity index (χ0) is 23.2. The maximum atomic E-state index is 12.8. The average Bonchev–Trinajstić information content (AvgIpc) is 3.09. The van der Waals surface area contributed by atoms with Crippen LogP contribution in [0.1, 0.15) is 17.5 Å². The summed E-state index contributed by atoms with van der Waals surface area (Å²) < 4.78 is 22.3. The van der Waals surface area contributed by atoms with Gasteiger partial charge in [0.05, 0.1) is 33.2 Å². The topological polar surface area (TPSA) is 60.5 Å². The number of fused-ring (bicyclic) bond motifs is 1. The Morgan fingerprint density at radius 3 is 2.39 bits per heavy atom. The molecule has 8 heteroatoms. The first kappa shape index (κ1) is 23.6. The van der Waals surface area contributed by atoms with Crippen molar-refractivity contribution in [2.75, 3.05) is 59.4 Å². The number of piperazine rings is 1. The molecule has 0 saturated carbocycles. The van der Waals surface area contributed by atoms with E-state index in [0.29, 0.717) is 19.0 Å². The summed E-state index contributed by atoms with van der Waals surface area (Å²) in [5.41, 5.74) is 2.40. The number of ether oxygens (including phenoxy) is 4. The number of thioether (sulfide) groups is 1. The SMILES string of the molecule is COc1cc(C)c(CN2CCN(C(=O)CSc3ccc4c(c3)OCCCO4)CC2)cc1OC. The molecule has 0 spiro atoms. The lowest BCUT2D eigenvalue weighted by molar-refractivity contribution is -0.130. The summed E-state index contributed by atoms with van der Waals surface area (Å²) in [6, 6.07) is 9.97. The van der Waals surface area contributed by atoms with Crippen molar-refractivity contribution in [2.24, 2.45) is 0 Å². The molecule has 0 bridgehead atoms. The predicted octanol–water partition coefficient (Wildman–Crippen LogP) is 3.61. The number of methoxy groups -OCH3 is 2. The average molecular weight is 473 g/mol. The van der Waals surface area contributed by atoms with Crippen LogP contribution >= 0.6 is 11.8 Å². The molecule has 1 amide bonds. The number of benzene rings is 2. The minimum Gasteiger partial charge on any atom is -0.493 e. The van der Waals surface area contributed by atoms with Gasteiger partial charge in [-0.05, 0) is 48.4 Å². The van der Waals surface area contributed by atoms with Crippen molar-refractivity contribution in [2.45, 2.75) is 24.8 Å². The molecule has 0 unspecified atom stereocenters. The summed E-state index contributed by atoms with van der Waals surface area (Å²) in [5, 5.41) is 0. The van der Waals surface area contributed by atoms with Crippen molar-refractivity contribution in [1.82, 2.24) is 9.80 Å². The molecule has 1 fully saturated rings. The van der Waals surface area contributed by atoms with E-state index in [4.69, 9.17) is 18.9 Å². The molecule has 2 aromatic rings. The summed E-state index contributed by atoms with van der Waals surface area (Å²) in [5.74, 6) is 3.65. The van der Waals surface area contributed by atoms with Crippen LogP contribution in [-0.4, -0.2) is 75.1 Å². The molecule has 0 aromatic heterocycles. The van der Waals surface area contributed by atoms with Crippen LogP contribution in [0.15, 0.2) is 35.2 Å². The summed E-state index contributed by atoms with van der Waals surface area (Å²) in [4.78, 5) is 18.2. The number of rotatable bonds is 7. The van der Waals surface area contributed by atoms with Crippen LogP contribution in [0.3, 0.4) is 0 Å². The van der Waals surface area contributed by atoms with Crippen LogP contribution in [0.5, 0.6) is 23.0 Å². The van der Waals surface area contributed by atoms with Crippen molar-refractivity contribution in [1.29, 1.82) is 0 Å². The minimum absolute atomic E-state index is 0.175. The highest BCUT2D eigenvalue weighted by atomic mass is 32.2. The van der Waals surface area contributed by atoms with E-state index in [1.165, 1.54) is 11.1 Å². The molecule has 0 atom stereocenters. The lowest BCUT2D eigenvalue weighted by atomic mass is 10.1. The third kappa shape index (κ3) is 5.86. The second kappa shape index (κ2) is 11.0. The van der Waals surface area contributed by atoms with Gasteiger partial charge in [0.2, 0.25) is 5.91 Å². The Morgan fingerprint density at radius 2 is 1.67 bits per heavy atom. The molecule has 2 heterocycles. The summed E-state index contributed by atoms with van der Waals surface area (Å²) in [6.07, 6.45) is 0.882. The van der Waals surface area contributed by atoms with Gasteiger partial charge in [0.1, 0.15) is 0 Å². The highest BCUT2D eigenvalue weighted by Crippen LogP contribution is 2.34.